The van der Waals surface area contributed by atoms with Crippen LogP contribution in [0, 0.1) is 0 Å². The minimum Gasteiger partial charge on any atom is -0.346 e. The quantitative estimate of drug-likeness (QED) is 0.604. The molecule has 2 aromatic rings. The summed E-state index contributed by atoms with van der Waals surface area (Å²) >= 11 is 0. The van der Waals surface area contributed by atoms with E-state index in [1.807, 2.05) is 6.07 Å². The smallest absolute Gasteiger partial charge is 0.346 e. The lowest BCUT2D eigenvalue weighted by molar-refractivity contribution is 0.257. The molecule has 0 aliphatic carbocycles. The van der Waals surface area contributed by atoms with Gasteiger partial charge in [0, 0.05) is 11.6 Å². The molecule has 0 unspecified atom stereocenters. The van der Waals surface area contributed by atoms with Gasteiger partial charge in [-0.2, -0.15) is 9.98 Å². The van der Waals surface area contributed by atoms with Crippen molar-refractivity contribution < 1.29 is 4.79 Å². The van der Waals surface area contributed by atoms with Gasteiger partial charge in [-0.15, -0.1) is 0 Å². The molecular weight excluding hydrogens is 168 g/mol. The zero-order chi connectivity index (χ0) is 8.84. The molecule has 5 heteroatoms. The number of fused-ring (bicyclic) bond motifs is 3. The number of H-pyrrole nitrogens is 1. The number of nitrogens with zero attached hydrogens (tertiary/aromatic N) is 3. The predicted molar refractivity (Wildman–Crippen MR) is 43.8 cm³/mol. The van der Waals surface area contributed by atoms with Crippen molar-refractivity contribution in [2.45, 2.75) is 0 Å². The summed E-state index contributed by atoms with van der Waals surface area (Å²) in [6.45, 7) is 0. The first kappa shape index (κ1) is 6.47. The fraction of sp³-hybridized carbons (Fsp3) is 0. The molecule has 0 aromatic carbocycles. The van der Waals surface area contributed by atoms with Crippen molar-refractivity contribution in [2.24, 2.45) is 9.98 Å². The highest BCUT2D eigenvalue weighted by Crippen LogP contribution is 2.01. The van der Waals surface area contributed by atoms with Gasteiger partial charge in [-0.1, -0.05) is 0 Å². The first-order valence-electron chi connectivity index (χ1n) is 3.78. The maximum Gasteiger partial charge on any atom is 0.368 e. The van der Waals surface area contributed by atoms with Crippen LogP contribution < -0.4 is 10.7 Å². The number of carbonyl (C=O) groups is 1. The lowest BCUT2D eigenvalue weighted by Gasteiger charge is -1.85. The Hall–Kier alpha value is -2.04. The number of urea groups is 1. The monoisotopic (exact) mass is 172 g/mol. The highest BCUT2D eigenvalue weighted by atomic mass is 16.2. The van der Waals surface area contributed by atoms with Crippen molar-refractivity contribution in [3.05, 3.63) is 29.2 Å². The van der Waals surface area contributed by atoms with Crippen LogP contribution in [0.5, 0.6) is 0 Å². The van der Waals surface area contributed by atoms with E-state index in [0.29, 0.717) is 10.7 Å². The number of amides is 2. The van der Waals surface area contributed by atoms with Gasteiger partial charge in [0.15, 0.2) is 0 Å². The molecule has 3 heterocycles. The molecule has 3 rings (SSSR count). The van der Waals surface area contributed by atoms with E-state index in [9.17, 15) is 4.79 Å². The topological polar surface area (TPSA) is 70.5 Å². The molecule has 2 aromatic heterocycles. The standard InChI is InChI=1S/C8H4N4O/c13-8-11-5-3-10-7-4(1-2-9-7)6(5)12-8/h1-3,9H. The van der Waals surface area contributed by atoms with Crippen LogP contribution in [0.4, 0.5) is 4.79 Å². The Morgan fingerprint density at radius 3 is 3.15 bits per heavy atom. The molecule has 0 radical (unpaired) electrons. The van der Waals surface area contributed by atoms with E-state index in [-0.39, 0.29) is 0 Å². The SMILES string of the molecule is O=C1N=c2cnc3[nH]ccc3c2=N1. The number of nitrogens with one attached hydrogen (secondary N) is 1. The molecule has 13 heavy (non-hydrogen) atoms. The Labute approximate surface area is 71.9 Å². The van der Waals surface area contributed by atoms with E-state index in [0.717, 1.165) is 11.0 Å². The number of rotatable bonds is 0. The second kappa shape index (κ2) is 2.01. The maximum atomic E-state index is 10.9. The molecule has 62 valence electrons. The summed E-state index contributed by atoms with van der Waals surface area (Å²) in [5, 5.41) is 2.01. The third-order valence-corrected chi connectivity index (χ3v) is 1.96. The third-order valence-electron chi connectivity index (χ3n) is 1.96. The zero-order valence-electron chi connectivity index (χ0n) is 6.48. The van der Waals surface area contributed by atoms with Crippen LogP contribution in [-0.2, 0) is 0 Å². The van der Waals surface area contributed by atoms with Crippen LogP contribution in [0.3, 0.4) is 0 Å². The van der Waals surface area contributed by atoms with E-state index in [4.69, 9.17) is 0 Å². The first-order valence-corrected chi connectivity index (χ1v) is 3.78. The van der Waals surface area contributed by atoms with Crippen LogP contribution in [0.15, 0.2) is 28.4 Å². The summed E-state index contributed by atoms with van der Waals surface area (Å²) in [5.74, 6) is 0. The van der Waals surface area contributed by atoms with Crippen LogP contribution in [0.1, 0.15) is 0 Å². The second-order valence-corrected chi connectivity index (χ2v) is 2.74. The molecule has 0 bridgehead atoms. The maximum absolute atomic E-state index is 10.9. The van der Waals surface area contributed by atoms with E-state index < -0.39 is 6.03 Å². The average molecular weight is 172 g/mol. The minimum absolute atomic E-state index is 0.453. The van der Waals surface area contributed by atoms with Gasteiger partial charge in [0.05, 0.1) is 6.20 Å². The number of aromatic amines is 1. The van der Waals surface area contributed by atoms with E-state index in [1.165, 1.54) is 0 Å². The van der Waals surface area contributed by atoms with Crippen molar-refractivity contribution in [1.82, 2.24) is 9.97 Å². The van der Waals surface area contributed by atoms with Crippen molar-refractivity contribution >= 4 is 17.1 Å². The van der Waals surface area contributed by atoms with Crippen LogP contribution in [0.25, 0.3) is 11.0 Å². The first-order chi connectivity index (χ1) is 6.34. The number of pyridine rings is 1. The van der Waals surface area contributed by atoms with Crippen LogP contribution in [0.2, 0.25) is 0 Å². The van der Waals surface area contributed by atoms with Gasteiger partial charge in [-0.3, -0.25) is 0 Å². The molecule has 0 saturated heterocycles. The highest BCUT2D eigenvalue weighted by molar-refractivity contribution is 5.82. The number of carbonyl (C=O) groups excluding carboxylic acids is 1. The number of hydrogen-bond donors (Lipinski definition) is 1. The largest absolute Gasteiger partial charge is 0.368 e. The van der Waals surface area contributed by atoms with Crippen molar-refractivity contribution in [3.63, 3.8) is 0 Å². The van der Waals surface area contributed by atoms with Gasteiger partial charge in [0.25, 0.3) is 0 Å². The summed E-state index contributed by atoms with van der Waals surface area (Å²) in [6.07, 6.45) is 3.30. The van der Waals surface area contributed by atoms with Crippen LogP contribution >= 0.6 is 0 Å². The zero-order valence-corrected chi connectivity index (χ0v) is 6.48. The minimum atomic E-state index is -0.453. The molecule has 1 aliphatic heterocycles. The Morgan fingerprint density at radius 2 is 2.23 bits per heavy atom. The Bertz CT molecular complexity index is 625. The lowest BCUT2D eigenvalue weighted by Crippen LogP contribution is -2.22. The Balaban J connectivity index is 2.69. The van der Waals surface area contributed by atoms with Gasteiger partial charge in [0.1, 0.15) is 16.4 Å². The molecule has 1 N–H and O–H groups in total. The summed E-state index contributed by atoms with van der Waals surface area (Å²) in [7, 11) is 0. The molecule has 0 saturated carbocycles. The Morgan fingerprint density at radius 1 is 1.31 bits per heavy atom. The Kier molecular flexibility index (Phi) is 0.999. The predicted octanol–water partition coefficient (Wildman–Crippen LogP) is -0.0643. The molecule has 0 spiro atoms. The van der Waals surface area contributed by atoms with Gasteiger partial charge < -0.3 is 4.98 Å². The fourth-order valence-electron chi connectivity index (χ4n) is 1.41. The fourth-order valence-corrected chi connectivity index (χ4v) is 1.41. The summed E-state index contributed by atoms with van der Waals surface area (Å²) in [4.78, 5) is 25.4. The molecule has 0 atom stereocenters. The van der Waals surface area contributed by atoms with Gasteiger partial charge >= 0.3 is 6.03 Å². The molecular formula is C8H4N4O. The number of hydrogen-bond acceptors (Lipinski definition) is 2. The average Bonchev–Trinajstić information content (AvgIpc) is 2.65. The second-order valence-electron chi connectivity index (χ2n) is 2.74. The lowest BCUT2D eigenvalue weighted by atomic mass is 10.3. The number of aromatic nitrogens is 2. The molecule has 0 fully saturated rings. The van der Waals surface area contributed by atoms with E-state index in [1.54, 1.807) is 12.4 Å². The normalized spacial score (nSPS) is 14.0. The molecule has 1 aliphatic rings. The van der Waals surface area contributed by atoms with Gasteiger partial charge in [-0.05, 0) is 6.07 Å². The van der Waals surface area contributed by atoms with Crippen LogP contribution in [-0.4, -0.2) is 16.0 Å². The van der Waals surface area contributed by atoms with Crippen molar-refractivity contribution in [3.8, 4) is 0 Å². The van der Waals surface area contributed by atoms with Gasteiger partial charge in [0.2, 0.25) is 0 Å². The van der Waals surface area contributed by atoms with Crippen molar-refractivity contribution in [1.29, 1.82) is 0 Å². The van der Waals surface area contributed by atoms with Gasteiger partial charge in [-0.25, -0.2) is 9.78 Å². The molecule has 2 amide bonds. The molecule has 5 nitrogen and oxygen atoms in total. The van der Waals surface area contributed by atoms with E-state index in [2.05, 4.69) is 20.0 Å². The summed E-state index contributed by atoms with van der Waals surface area (Å²) in [5.41, 5.74) is 0.729. The summed E-state index contributed by atoms with van der Waals surface area (Å²) in [6, 6.07) is 1.38. The highest BCUT2D eigenvalue weighted by Gasteiger charge is 2.08. The van der Waals surface area contributed by atoms with Crippen molar-refractivity contribution in [2.75, 3.05) is 0 Å². The van der Waals surface area contributed by atoms with E-state index >= 15 is 0 Å². The third kappa shape index (κ3) is 0.752. The summed E-state index contributed by atoms with van der Waals surface area (Å²) < 4.78 is 0.